The molecule has 6 nitrogen and oxygen atoms in total. The molecule has 3 amide bonds. The van der Waals surface area contributed by atoms with Crippen LogP contribution in [0.3, 0.4) is 0 Å². The molecule has 3 N–H and O–H groups in total. The summed E-state index contributed by atoms with van der Waals surface area (Å²) in [6.45, 7) is 2.51. The van der Waals surface area contributed by atoms with Gasteiger partial charge in [-0.25, -0.2) is 4.79 Å². The highest BCUT2D eigenvalue weighted by Crippen LogP contribution is 2.24. The van der Waals surface area contributed by atoms with Gasteiger partial charge in [0.15, 0.2) is 0 Å². The number of rotatable bonds is 6. The fourth-order valence-corrected chi connectivity index (χ4v) is 3.11. The molecule has 0 saturated carbocycles. The Morgan fingerprint density at radius 3 is 2.26 bits per heavy atom. The van der Waals surface area contributed by atoms with Crippen LogP contribution in [0.1, 0.15) is 16.6 Å². The number of carbonyl (C=O) groups excluding carboxylic acids is 2. The lowest BCUT2D eigenvalue weighted by Crippen LogP contribution is -2.18. The van der Waals surface area contributed by atoms with E-state index in [4.69, 9.17) is 4.74 Å². The van der Waals surface area contributed by atoms with Crippen molar-refractivity contribution in [1.82, 2.24) is 0 Å². The number of para-hydroxylation sites is 1. The molecule has 3 aromatic rings. The molecule has 2 aromatic carbocycles. The van der Waals surface area contributed by atoms with Gasteiger partial charge < -0.3 is 15.4 Å². The lowest BCUT2D eigenvalue weighted by molar-refractivity contribution is 0.103. The molecular formula is C20H19N3O3S. The number of carbonyl (C=O) groups is 2. The summed E-state index contributed by atoms with van der Waals surface area (Å²) >= 11 is 1.20. The van der Waals surface area contributed by atoms with E-state index >= 15 is 0 Å². The number of benzene rings is 2. The number of urea groups is 1. The van der Waals surface area contributed by atoms with Gasteiger partial charge >= 0.3 is 6.03 Å². The highest BCUT2D eigenvalue weighted by atomic mass is 32.1. The molecular weight excluding hydrogens is 362 g/mol. The molecule has 0 spiro atoms. The Bertz CT molecular complexity index is 908. The molecule has 0 radical (unpaired) electrons. The van der Waals surface area contributed by atoms with Crippen molar-refractivity contribution in [2.45, 2.75) is 6.92 Å². The zero-order valence-corrected chi connectivity index (χ0v) is 15.5. The van der Waals surface area contributed by atoms with Crippen molar-refractivity contribution < 1.29 is 14.3 Å². The van der Waals surface area contributed by atoms with Gasteiger partial charge in [-0.15, -0.1) is 11.3 Å². The van der Waals surface area contributed by atoms with Crippen LogP contribution in [0.15, 0.2) is 66.7 Å². The van der Waals surface area contributed by atoms with Crippen LogP contribution in [0.4, 0.5) is 21.2 Å². The van der Waals surface area contributed by atoms with E-state index in [0.29, 0.717) is 27.9 Å². The standard InChI is InChI=1S/C20H19N3O3S/c1-2-26-16-10-8-15(9-11-16)21-19(24)17-12-13-18(27-17)23-20(25)22-14-6-4-3-5-7-14/h3-13H,2H2,1H3,(H,21,24)(H2,22,23,25). The zero-order chi connectivity index (χ0) is 19.1. The largest absolute Gasteiger partial charge is 0.494 e. The molecule has 1 heterocycles. The van der Waals surface area contributed by atoms with Gasteiger partial charge in [0.2, 0.25) is 0 Å². The van der Waals surface area contributed by atoms with Gasteiger partial charge in [-0.1, -0.05) is 18.2 Å². The van der Waals surface area contributed by atoms with E-state index in [-0.39, 0.29) is 11.9 Å². The lowest BCUT2D eigenvalue weighted by atomic mass is 10.3. The maximum Gasteiger partial charge on any atom is 0.324 e. The van der Waals surface area contributed by atoms with Crippen LogP contribution in [0.5, 0.6) is 5.75 Å². The van der Waals surface area contributed by atoms with Gasteiger partial charge in [0, 0.05) is 11.4 Å². The predicted molar refractivity (Wildman–Crippen MR) is 109 cm³/mol. The first-order valence-corrected chi connectivity index (χ1v) is 9.23. The SMILES string of the molecule is CCOc1ccc(NC(=O)c2ccc(NC(=O)Nc3ccccc3)s2)cc1. The summed E-state index contributed by atoms with van der Waals surface area (Å²) in [5.41, 5.74) is 1.37. The summed E-state index contributed by atoms with van der Waals surface area (Å²) in [4.78, 5) is 24.9. The molecule has 0 saturated heterocycles. The van der Waals surface area contributed by atoms with Crippen LogP contribution in [0.25, 0.3) is 0 Å². The molecule has 138 valence electrons. The Balaban J connectivity index is 1.56. The van der Waals surface area contributed by atoms with E-state index < -0.39 is 0 Å². The number of anilines is 3. The second-order valence-corrected chi connectivity index (χ2v) is 6.60. The summed E-state index contributed by atoms with van der Waals surface area (Å²) in [6, 6.07) is 19.3. The molecule has 0 aliphatic heterocycles. The van der Waals surface area contributed by atoms with E-state index in [1.54, 1.807) is 48.5 Å². The first-order chi connectivity index (χ1) is 13.1. The third-order valence-electron chi connectivity index (χ3n) is 3.52. The van der Waals surface area contributed by atoms with Gasteiger partial charge in [0.1, 0.15) is 5.75 Å². The summed E-state index contributed by atoms with van der Waals surface area (Å²) in [5, 5.41) is 8.86. The second kappa shape index (κ2) is 8.86. The minimum absolute atomic E-state index is 0.235. The lowest BCUT2D eigenvalue weighted by Gasteiger charge is -2.06. The van der Waals surface area contributed by atoms with E-state index in [1.165, 1.54) is 11.3 Å². The predicted octanol–water partition coefficient (Wildman–Crippen LogP) is 5.04. The molecule has 0 atom stereocenters. The first-order valence-electron chi connectivity index (χ1n) is 8.41. The highest BCUT2D eigenvalue weighted by molar-refractivity contribution is 7.18. The summed E-state index contributed by atoms with van der Waals surface area (Å²) in [5.74, 6) is 0.517. The van der Waals surface area contributed by atoms with E-state index in [9.17, 15) is 9.59 Å². The Kier molecular flexibility index (Phi) is 6.06. The molecule has 27 heavy (non-hydrogen) atoms. The summed E-state index contributed by atoms with van der Waals surface area (Å²) in [6.07, 6.45) is 0. The minimum Gasteiger partial charge on any atom is -0.494 e. The van der Waals surface area contributed by atoms with Crippen LogP contribution in [-0.2, 0) is 0 Å². The van der Waals surface area contributed by atoms with Gasteiger partial charge in [-0.05, 0) is 55.5 Å². The number of hydrogen-bond donors (Lipinski definition) is 3. The number of nitrogens with one attached hydrogen (secondary N) is 3. The van der Waals surface area contributed by atoms with E-state index in [1.807, 2.05) is 25.1 Å². The average molecular weight is 381 g/mol. The van der Waals surface area contributed by atoms with E-state index in [0.717, 1.165) is 5.75 Å². The highest BCUT2D eigenvalue weighted by Gasteiger charge is 2.11. The quantitative estimate of drug-likeness (QED) is 0.559. The van der Waals surface area contributed by atoms with Crippen molar-refractivity contribution in [3.63, 3.8) is 0 Å². The zero-order valence-electron chi connectivity index (χ0n) is 14.7. The van der Waals surface area contributed by atoms with Gasteiger partial charge in [-0.2, -0.15) is 0 Å². The van der Waals surface area contributed by atoms with Crippen molar-refractivity contribution in [3.05, 3.63) is 71.6 Å². The molecule has 0 fully saturated rings. The Morgan fingerprint density at radius 1 is 0.852 bits per heavy atom. The Hall–Kier alpha value is -3.32. The van der Waals surface area contributed by atoms with Gasteiger partial charge in [0.25, 0.3) is 5.91 Å². The summed E-state index contributed by atoms with van der Waals surface area (Å²) in [7, 11) is 0. The fraction of sp³-hybridized carbons (Fsp3) is 0.100. The van der Waals surface area contributed by atoms with Crippen molar-refractivity contribution in [2.24, 2.45) is 0 Å². The first kappa shape index (κ1) is 18.5. The molecule has 0 unspecified atom stereocenters. The van der Waals surface area contributed by atoms with Crippen LogP contribution < -0.4 is 20.7 Å². The molecule has 0 aliphatic rings. The number of thiophene rings is 1. The fourth-order valence-electron chi connectivity index (χ4n) is 2.32. The molecule has 1 aromatic heterocycles. The number of hydrogen-bond acceptors (Lipinski definition) is 4. The molecule has 7 heteroatoms. The third-order valence-corrected chi connectivity index (χ3v) is 4.52. The second-order valence-electron chi connectivity index (χ2n) is 5.52. The van der Waals surface area contributed by atoms with Gasteiger partial charge in [0.05, 0.1) is 16.5 Å². The van der Waals surface area contributed by atoms with Crippen molar-refractivity contribution >= 4 is 39.7 Å². The monoisotopic (exact) mass is 381 g/mol. The number of amides is 3. The smallest absolute Gasteiger partial charge is 0.324 e. The van der Waals surface area contributed by atoms with Crippen molar-refractivity contribution in [1.29, 1.82) is 0 Å². The average Bonchev–Trinajstić information content (AvgIpc) is 3.13. The van der Waals surface area contributed by atoms with Crippen LogP contribution in [-0.4, -0.2) is 18.5 Å². The normalized spacial score (nSPS) is 10.1. The van der Waals surface area contributed by atoms with Crippen LogP contribution in [0.2, 0.25) is 0 Å². The van der Waals surface area contributed by atoms with E-state index in [2.05, 4.69) is 16.0 Å². The maximum atomic E-state index is 12.4. The van der Waals surface area contributed by atoms with Crippen molar-refractivity contribution in [2.75, 3.05) is 22.6 Å². The van der Waals surface area contributed by atoms with Crippen LogP contribution >= 0.6 is 11.3 Å². The van der Waals surface area contributed by atoms with Gasteiger partial charge in [-0.3, -0.25) is 10.1 Å². The third kappa shape index (κ3) is 5.32. The summed E-state index contributed by atoms with van der Waals surface area (Å²) < 4.78 is 5.38. The minimum atomic E-state index is -0.360. The maximum absolute atomic E-state index is 12.4. The molecule has 0 aliphatic carbocycles. The molecule has 3 rings (SSSR count). The topological polar surface area (TPSA) is 79.5 Å². The Labute approximate surface area is 161 Å². The number of ether oxygens (including phenoxy) is 1. The molecule has 0 bridgehead atoms. The van der Waals surface area contributed by atoms with Crippen LogP contribution in [0, 0.1) is 0 Å². The Morgan fingerprint density at radius 2 is 1.56 bits per heavy atom. The van der Waals surface area contributed by atoms with Crippen molar-refractivity contribution in [3.8, 4) is 5.75 Å².